The second-order valence-electron chi connectivity index (χ2n) is 4.10. The number of nitrogens with zero attached hydrogens (tertiary/aromatic N) is 1. The van der Waals surface area contributed by atoms with E-state index in [-0.39, 0.29) is 6.10 Å². The van der Waals surface area contributed by atoms with Crippen LogP contribution in [0.5, 0.6) is 5.75 Å². The molecule has 0 fully saturated rings. The molecule has 0 spiro atoms. The van der Waals surface area contributed by atoms with Gasteiger partial charge in [-0.25, -0.2) is 0 Å². The molecule has 0 aromatic heterocycles. The first-order chi connectivity index (χ1) is 7.54. The van der Waals surface area contributed by atoms with E-state index < -0.39 is 12.0 Å². The van der Waals surface area contributed by atoms with Crippen molar-refractivity contribution >= 4 is 0 Å². The van der Waals surface area contributed by atoms with E-state index in [0.29, 0.717) is 0 Å². The van der Waals surface area contributed by atoms with Crippen LogP contribution in [0.15, 0.2) is 24.3 Å². The molecule has 0 saturated heterocycles. The van der Waals surface area contributed by atoms with Crippen molar-refractivity contribution in [3.05, 3.63) is 29.8 Å². The summed E-state index contributed by atoms with van der Waals surface area (Å²) in [5, 5.41) is 18.5. The van der Waals surface area contributed by atoms with Crippen LogP contribution in [0, 0.1) is 17.2 Å². The molecular weight excluding hydrogens is 202 g/mol. The molecule has 3 heteroatoms. The van der Waals surface area contributed by atoms with Gasteiger partial charge in [-0.3, -0.25) is 0 Å². The number of ether oxygens (including phenoxy) is 1. The first-order valence-electron chi connectivity index (χ1n) is 5.39. The lowest BCUT2D eigenvalue weighted by Crippen LogP contribution is -2.08. The Labute approximate surface area is 96.3 Å². The van der Waals surface area contributed by atoms with Gasteiger partial charge in [0.1, 0.15) is 5.75 Å². The predicted molar refractivity (Wildman–Crippen MR) is 61.9 cm³/mol. The standard InChI is InChI=1S/C13H17NO2/c1-9(2)16-12-6-4-11(5-7-12)13(15)10(3)8-14/h4-7,9-10,13,15H,1-3H3. The minimum atomic E-state index is -0.738. The van der Waals surface area contributed by atoms with Crippen molar-refractivity contribution in [2.75, 3.05) is 0 Å². The topological polar surface area (TPSA) is 53.2 Å². The summed E-state index contributed by atoms with van der Waals surface area (Å²) in [5.41, 5.74) is 0.741. The smallest absolute Gasteiger partial charge is 0.119 e. The molecule has 1 rings (SSSR count). The minimum absolute atomic E-state index is 0.133. The van der Waals surface area contributed by atoms with Gasteiger partial charge >= 0.3 is 0 Å². The molecule has 1 aromatic rings. The van der Waals surface area contributed by atoms with Crippen LogP contribution in [0.1, 0.15) is 32.4 Å². The van der Waals surface area contributed by atoms with Gasteiger partial charge in [-0.1, -0.05) is 12.1 Å². The molecule has 0 aliphatic rings. The lowest BCUT2D eigenvalue weighted by molar-refractivity contribution is 0.142. The van der Waals surface area contributed by atoms with Gasteiger partial charge in [0.15, 0.2) is 0 Å². The van der Waals surface area contributed by atoms with Gasteiger partial charge in [0, 0.05) is 0 Å². The average molecular weight is 219 g/mol. The number of aliphatic hydroxyl groups is 1. The monoisotopic (exact) mass is 219 g/mol. The summed E-state index contributed by atoms with van der Waals surface area (Å²) in [6, 6.07) is 9.22. The van der Waals surface area contributed by atoms with Crippen molar-refractivity contribution in [1.82, 2.24) is 0 Å². The Morgan fingerprint density at radius 2 is 1.75 bits per heavy atom. The molecule has 0 aliphatic heterocycles. The summed E-state index contributed by atoms with van der Waals surface area (Å²) in [6.45, 7) is 5.62. The van der Waals surface area contributed by atoms with Crippen LogP contribution in [-0.2, 0) is 0 Å². The highest BCUT2D eigenvalue weighted by Crippen LogP contribution is 2.23. The summed E-state index contributed by atoms with van der Waals surface area (Å²) in [5.74, 6) is 0.368. The molecule has 0 radical (unpaired) electrons. The van der Waals surface area contributed by atoms with Gasteiger partial charge in [-0.15, -0.1) is 0 Å². The molecule has 1 N–H and O–H groups in total. The number of hydrogen-bond donors (Lipinski definition) is 1. The number of aliphatic hydroxyl groups excluding tert-OH is 1. The molecule has 0 bridgehead atoms. The second kappa shape index (κ2) is 5.53. The molecule has 1 aromatic carbocycles. The maximum Gasteiger partial charge on any atom is 0.119 e. The highest BCUT2D eigenvalue weighted by Gasteiger charge is 2.15. The van der Waals surface area contributed by atoms with E-state index in [9.17, 15) is 5.11 Å². The number of rotatable bonds is 4. The van der Waals surface area contributed by atoms with Crippen molar-refractivity contribution in [3.63, 3.8) is 0 Å². The minimum Gasteiger partial charge on any atom is -0.491 e. The van der Waals surface area contributed by atoms with Crippen LogP contribution in [0.4, 0.5) is 0 Å². The second-order valence-corrected chi connectivity index (χ2v) is 4.10. The fourth-order valence-corrected chi connectivity index (χ4v) is 1.38. The van der Waals surface area contributed by atoms with Crippen LogP contribution < -0.4 is 4.74 Å². The zero-order valence-electron chi connectivity index (χ0n) is 9.84. The molecule has 0 saturated carbocycles. The van der Waals surface area contributed by atoms with E-state index in [0.717, 1.165) is 11.3 Å². The van der Waals surface area contributed by atoms with E-state index in [4.69, 9.17) is 10.00 Å². The molecular formula is C13H17NO2. The molecule has 16 heavy (non-hydrogen) atoms. The number of hydrogen-bond acceptors (Lipinski definition) is 3. The van der Waals surface area contributed by atoms with Crippen molar-refractivity contribution in [1.29, 1.82) is 5.26 Å². The number of nitriles is 1. The zero-order valence-corrected chi connectivity index (χ0v) is 9.84. The molecule has 86 valence electrons. The molecule has 3 nitrogen and oxygen atoms in total. The maximum atomic E-state index is 9.80. The zero-order chi connectivity index (χ0) is 12.1. The van der Waals surface area contributed by atoms with Gasteiger partial charge in [-0.2, -0.15) is 5.26 Å². The third-order valence-electron chi connectivity index (χ3n) is 2.27. The molecule has 0 aliphatic carbocycles. The van der Waals surface area contributed by atoms with Crippen LogP contribution >= 0.6 is 0 Å². The third kappa shape index (κ3) is 3.25. The first kappa shape index (κ1) is 12.5. The molecule has 2 unspecified atom stereocenters. The maximum absolute atomic E-state index is 9.80. The summed E-state index contributed by atoms with van der Waals surface area (Å²) < 4.78 is 5.49. The summed E-state index contributed by atoms with van der Waals surface area (Å²) in [7, 11) is 0. The normalized spacial score (nSPS) is 14.2. The van der Waals surface area contributed by atoms with Gasteiger partial charge < -0.3 is 9.84 Å². The highest BCUT2D eigenvalue weighted by molar-refractivity contribution is 5.29. The SMILES string of the molecule is CC(C)Oc1ccc(C(O)C(C)C#N)cc1. The van der Waals surface area contributed by atoms with Crippen molar-refractivity contribution in [3.8, 4) is 11.8 Å². The van der Waals surface area contributed by atoms with E-state index >= 15 is 0 Å². The van der Waals surface area contributed by atoms with Crippen LogP contribution in [-0.4, -0.2) is 11.2 Å². The Hall–Kier alpha value is -1.53. The van der Waals surface area contributed by atoms with Crippen molar-refractivity contribution < 1.29 is 9.84 Å². The Morgan fingerprint density at radius 3 is 2.19 bits per heavy atom. The fraction of sp³-hybridized carbons (Fsp3) is 0.462. The lowest BCUT2D eigenvalue weighted by atomic mass is 9.99. The fourth-order valence-electron chi connectivity index (χ4n) is 1.38. The Morgan fingerprint density at radius 1 is 1.19 bits per heavy atom. The quantitative estimate of drug-likeness (QED) is 0.847. The van der Waals surface area contributed by atoms with E-state index in [1.54, 1.807) is 19.1 Å². The molecule has 0 amide bonds. The van der Waals surface area contributed by atoms with Crippen molar-refractivity contribution in [2.24, 2.45) is 5.92 Å². The lowest BCUT2D eigenvalue weighted by Gasteiger charge is -2.14. The average Bonchev–Trinajstić information content (AvgIpc) is 2.27. The first-order valence-corrected chi connectivity index (χ1v) is 5.39. The van der Waals surface area contributed by atoms with Gasteiger partial charge in [0.25, 0.3) is 0 Å². The van der Waals surface area contributed by atoms with Crippen LogP contribution in [0.2, 0.25) is 0 Å². The summed E-state index contributed by atoms with van der Waals surface area (Å²) >= 11 is 0. The molecule has 0 heterocycles. The van der Waals surface area contributed by atoms with Gasteiger partial charge in [0.2, 0.25) is 0 Å². The summed E-state index contributed by atoms with van der Waals surface area (Å²) in [6.07, 6.45) is -0.605. The number of benzene rings is 1. The Kier molecular flexibility index (Phi) is 4.33. The Balaban J connectivity index is 2.75. The van der Waals surface area contributed by atoms with Crippen LogP contribution in [0.25, 0.3) is 0 Å². The third-order valence-corrected chi connectivity index (χ3v) is 2.27. The predicted octanol–water partition coefficient (Wildman–Crippen LogP) is 2.67. The van der Waals surface area contributed by atoms with E-state index in [1.807, 2.05) is 32.0 Å². The molecule has 2 atom stereocenters. The van der Waals surface area contributed by atoms with Crippen LogP contribution in [0.3, 0.4) is 0 Å². The largest absolute Gasteiger partial charge is 0.491 e. The van der Waals surface area contributed by atoms with E-state index in [2.05, 4.69) is 0 Å². The van der Waals surface area contributed by atoms with Gasteiger partial charge in [-0.05, 0) is 38.5 Å². The highest BCUT2D eigenvalue weighted by atomic mass is 16.5. The van der Waals surface area contributed by atoms with E-state index in [1.165, 1.54) is 0 Å². The summed E-state index contributed by atoms with van der Waals surface area (Å²) in [4.78, 5) is 0. The van der Waals surface area contributed by atoms with Gasteiger partial charge in [0.05, 0.1) is 24.2 Å². The Bertz CT molecular complexity index is 365. The van der Waals surface area contributed by atoms with Crippen molar-refractivity contribution in [2.45, 2.75) is 33.0 Å².